The van der Waals surface area contributed by atoms with Crippen molar-refractivity contribution < 1.29 is 0 Å². The summed E-state index contributed by atoms with van der Waals surface area (Å²) in [5.74, 6) is 0. The van der Waals surface area contributed by atoms with Gasteiger partial charge in [0.15, 0.2) is 0 Å². The highest BCUT2D eigenvalue weighted by Gasteiger charge is 2.15. The molecule has 4 heterocycles. The van der Waals surface area contributed by atoms with Crippen LogP contribution >= 0.6 is 0 Å². The quantitative estimate of drug-likeness (QED) is 0.144. The van der Waals surface area contributed by atoms with E-state index in [0.29, 0.717) is 5.56 Å². The molecular weight excluding hydrogens is 709 g/mol. The number of hydrogen-bond donors (Lipinski definition) is 0. The Bertz CT molecular complexity index is 2770. The average molecular weight is 745 g/mol. The highest BCUT2D eigenvalue weighted by atomic mass is 14.8. The van der Waals surface area contributed by atoms with E-state index in [2.05, 4.69) is 114 Å². The van der Waals surface area contributed by atoms with Crippen LogP contribution in [0.3, 0.4) is 0 Å². The van der Waals surface area contributed by atoms with Crippen molar-refractivity contribution in [1.29, 1.82) is 5.26 Å². The average Bonchev–Trinajstić information content (AvgIpc) is 3.32. The molecule has 5 aromatic carbocycles. The van der Waals surface area contributed by atoms with E-state index in [-0.39, 0.29) is 0 Å². The van der Waals surface area contributed by atoms with Gasteiger partial charge in [0, 0.05) is 45.8 Å². The molecule has 0 saturated heterocycles. The fourth-order valence-electron chi connectivity index (χ4n) is 6.61. The predicted octanol–water partition coefficient (Wildman–Crippen LogP) is 12.7. The second kappa shape index (κ2) is 17.1. The number of allylic oxidation sites excluding steroid dienone is 2. The smallest absolute Gasteiger partial charge is 0.0991 e. The van der Waals surface area contributed by atoms with Gasteiger partial charge in [0.2, 0.25) is 0 Å². The van der Waals surface area contributed by atoms with Crippen LogP contribution in [0.2, 0.25) is 0 Å². The molecule has 0 aliphatic carbocycles. The molecule has 0 aliphatic rings. The topological polar surface area (TPSA) is 88.2 Å². The zero-order valence-electron chi connectivity index (χ0n) is 31.6. The van der Waals surface area contributed by atoms with Crippen molar-refractivity contribution in [2.24, 2.45) is 0 Å². The molecule has 0 unspecified atom stereocenters. The molecule has 0 atom stereocenters. The van der Waals surface area contributed by atoms with Crippen LogP contribution in [0.25, 0.3) is 89.7 Å². The van der Waals surface area contributed by atoms with Crippen LogP contribution in [0.1, 0.15) is 5.56 Å². The van der Waals surface area contributed by atoms with Crippen molar-refractivity contribution in [2.75, 3.05) is 0 Å². The predicted molar refractivity (Wildman–Crippen MR) is 236 cm³/mol. The SMILES string of the molecule is C=CC=C.N#Cc1ccc(-c2nc3ccccc3nc2-c2ccc(-c3cc(-c4ccc(-c5ccccn5)cc4)nc(-c4ccc(-c5ccccn5)cc4)c3)cc2)cc1. The summed E-state index contributed by atoms with van der Waals surface area (Å²) in [4.78, 5) is 24.4. The molecule has 0 fully saturated rings. The van der Waals surface area contributed by atoms with Crippen LogP contribution < -0.4 is 0 Å². The third kappa shape index (κ3) is 8.11. The van der Waals surface area contributed by atoms with E-state index in [9.17, 15) is 5.26 Å². The number of aromatic nitrogens is 5. The monoisotopic (exact) mass is 744 g/mol. The van der Waals surface area contributed by atoms with Gasteiger partial charge in [0.05, 0.1) is 56.8 Å². The maximum absolute atomic E-state index is 9.38. The number of hydrogen-bond acceptors (Lipinski definition) is 6. The van der Waals surface area contributed by atoms with Gasteiger partial charge in [-0.1, -0.05) is 135 Å². The lowest BCUT2D eigenvalue weighted by Gasteiger charge is -2.13. The summed E-state index contributed by atoms with van der Waals surface area (Å²) in [5, 5.41) is 9.38. The molecule has 6 nitrogen and oxygen atoms in total. The lowest BCUT2D eigenvalue weighted by molar-refractivity contribution is 1.29. The molecule has 9 aromatic rings. The third-order valence-electron chi connectivity index (χ3n) is 9.62. The largest absolute Gasteiger partial charge is 0.256 e. The van der Waals surface area contributed by atoms with E-state index in [4.69, 9.17) is 15.0 Å². The number of nitrogens with zero attached hydrogens (tertiary/aromatic N) is 6. The summed E-state index contributed by atoms with van der Waals surface area (Å²) in [6.45, 7) is 6.72. The van der Waals surface area contributed by atoms with Crippen LogP contribution in [-0.4, -0.2) is 24.9 Å². The van der Waals surface area contributed by atoms with Gasteiger partial charge >= 0.3 is 0 Å². The van der Waals surface area contributed by atoms with E-state index < -0.39 is 0 Å². The molecule has 274 valence electrons. The number of nitriles is 1. The van der Waals surface area contributed by atoms with Crippen molar-refractivity contribution in [3.05, 3.63) is 213 Å². The zero-order chi connectivity index (χ0) is 39.7. The lowest BCUT2D eigenvalue weighted by atomic mass is 9.96. The Hall–Kier alpha value is -8.14. The van der Waals surface area contributed by atoms with Crippen LogP contribution in [-0.2, 0) is 0 Å². The highest BCUT2D eigenvalue weighted by molar-refractivity contribution is 5.87. The van der Waals surface area contributed by atoms with E-state index >= 15 is 0 Å². The van der Waals surface area contributed by atoms with Crippen LogP contribution in [0, 0.1) is 11.3 Å². The molecule has 9 rings (SSSR count). The molecule has 0 saturated carbocycles. The Morgan fingerprint density at radius 1 is 0.379 bits per heavy atom. The molecule has 0 amide bonds. The van der Waals surface area contributed by atoms with E-state index in [1.807, 2.05) is 97.3 Å². The van der Waals surface area contributed by atoms with Crippen molar-refractivity contribution >= 4 is 11.0 Å². The Labute approximate surface area is 337 Å². The van der Waals surface area contributed by atoms with E-state index in [0.717, 1.165) is 89.7 Å². The second-order valence-electron chi connectivity index (χ2n) is 13.4. The highest BCUT2D eigenvalue weighted by Crippen LogP contribution is 2.35. The van der Waals surface area contributed by atoms with Crippen LogP contribution in [0.15, 0.2) is 208 Å². The normalized spacial score (nSPS) is 10.5. The molecule has 58 heavy (non-hydrogen) atoms. The molecule has 6 heteroatoms. The standard InChI is InChI=1S/C48H30N6.C4H6/c49-31-32-11-13-38(14-12-32)47-48(54-44-10-2-1-9-43(44)53-47)39-25-15-33(16-26-39)40-29-45(36-21-17-34(18-22-36)41-7-3-5-27-50-41)52-46(30-40)37-23-19-35(20-24-37)42-8-4-6-28-51-42;1-3-4-2/h1-30H;3-4H,1-2H2. The third-order valence-corrected chi connectivity index (χ3v) is 9.62. The minimum Gasteiger partial charge on any atom is -0.256 e. The van der Waals surface area contributed by atoms with Crippen molar-refractivity contribution in [2.45, 2.75) is 0 Å². The molecule has 0 aliphatic heterocycles. The summed E-state index contributed by atoms with van der Waals surface area (Å²) in [6.07, 6.45) is 6.90. The molecule has 0 bridgehead atoms. The van der Waals surface area contributed by atoms with Crippen molar-refractivity contribution in [3.63, 3.8) is 0 Å². The maximum atomic E-state index is 9.38. The van der Waals surface area contributed by atoms with E-state index in [1.54, 1.807) is 12.2 Å². The van der Waals surface area contributed by atoms with Gasteiger partial charge < -0.3 is 0 Å². The second-order valence-corrected chi connectivity index (χ2v) is 13.4. The molecule has 0 radical (unpaired) electrons. The number of para-hydroxylation sites is 2. The first-order chi connectivity index (χ1) is 28.6. The summed E-state index contributed by atoms with van der Waals surface area (Å²) in [7, 11) is 0. The van der Waals surface area contributed by atoms with Crippen LogP contribution in [0.4, 0.5) is 0 Å². The van der Waals surface area contributed by atoms with Gasteiger partial charge in [-0.15, -0.1) is 0 Å². The Balaban J connectivity index is 0.00000112. The Kier molecular flexibility index (Phi) is 10.9. The first kappa shape index (κ1) is 36.8. The number of pyridine rings is 3. The Morgan fingerprint density at radius 2 is 0.759 bits per heavy atom. The van der Waals surface area contributed by atoms with Gasteiger partial charge in [-0.2, -0.15) is 5.26 Å². The number of rotatable bonds is 8. The van der Waals surface area contributed by atoms with Gasteiger partial charge in [-0.05, 0) is 71.8 Å². The number of fused-ring (bicyclic) bond motifs is 1. The molecule has 4 aromatic heterocycles. The minimum atomic E-state index is 0.600. The van der Waals surface area contributed by atoms with Crippen molar-refractivity contribution in [1.82, 2.24) is 24.9 Å². The first-order valence-electron chi connectivity index (χ1n) is 18.8. The molecule has 0 N–H and O–H groups in total. The first-order valence-corrected chi connectivity index (χ1v) is 18.8. The minimum absolute atomic E-state index is 0.600. The van der Waals surface area contributed by atoms with Crippen molar-refractivity contribution in [3.8, 4) is 84.7 Å². The van der Waals surface area contributed by atoms with Gasteiger partial charge in [-0.3, -0.25) is 9.97 Å². The fraction of sp³-hybridized carbons (Fsp3) is 0. The molecular formula is C52H36N6. The zero-order valence-corrected chi connectivity index (χ0v) is 31.6. The lowest BCUT2D eigenvalue weighted by Crippen LogP contribution is -1.96. The summed E-state index contributed by atoms with van der Waals surface area (Å²) in [5.41, 5.74) is 15.4. The molecule has 0 spiro atoms. The number of benzene rings is 5. The Morgan fingerprint density at radius 3 is 1.16 bits per heavy atom. The van der Waals surface area contributed by atoms with Gasteiger partial charge in [0.1, 0.15) is 0 Å². The van der Waals surface area contributed by atoms with Gasteiger partial charge in [0.25, 0.3) is 0 Å². The summed E-state index contributed by atoms with van der Waals surface area (Å²) >= 11 is 0. The maximum Gasteiger partial charge on any atom is 0.0991 e. The van der Waals surface area contributed by atoms with Crippen LogP contribution in [0.5, 0.6) is 0 Å². The summed E-state index contributed by atoms with van der Waals surface area (Å²) < 4.78 is 0. The fourth-order valence-corrected chi connectivity index (χ4v) is 6.61. The van der Waals surface area contributed by atoms with Gasteiger partial charge in [-0.25, -0.2) is 15.0 Å². The summed E-state index contributed by atoms with van der Waals surface area (Å²) in [6, 6.07) is 59.0. The van der Waals surface area contributed by atoms with E-state index in [1.165, 1.54) is 0 Å².